The first-order chi connectivity index (χ1) is 8.32. The topological polar surface area (TPSA) is 74.6 Å². The van der Waals surface area contributed by atoms with Crippen LogP contribution in [-0.4, -0.2) is 22.2 Å². The highest BCUT2D eigenvalue weighted by Gasteiger charge is 2.21. The van der Waals surface area contributed by atoms with Crippen molar-refractivity contribution in [2.75, 3.05) is 0 Å². The molecule has 1 rings (SSSR count). The molecular weight excluding hydrogens is 232 g/mol. The molecule has 1 aromatic carbocycles. The van der Waals surface area contributed by atoms with Gasteiger partial charge in [-0.2, -0.15) is 0 Å². The van der Waals surface area contributed by atoms with E-state index in [1.54, 1.807) is 18.2 Å². The van der Waals surface area contributed by atoms with E-state index >= 15 is 0 Å². The zero-order chi connectivity index (χ0) is 13.9. The zero-order valence-corrected chi connectivity index (χ0v) is 10.8. The number of aliphatic carboxylic acids is 1. The average Bonchev–Trinajstić information content (AvgIpc) is 2.26. The predicted octanol–water partition coefficient (Wildman–Crippen LogP) is 2.77. The van der Waals surface area contributed by atoms with Crippen LogP contribution in [-0.2, 0) is 11.2 Å². The molecule has 0 bridgehead atoms. The van der Waals surface area contributed by atoms with Crippen LogP contribution < -0.4 is 0 Å². The van der Waals surface area contributed by atoms with Crippen molar-refractivity contribution in [3.8, 4) is 0 Å². The van der Waals surface area contributed by atoms with Crippen LogP contribution >= 0.6 is 0 Å². The molecule has 4 heteroatoms. The third kappa shape index (κ3) is 3.32. The third-order valence-electron chi connectivity index (χ3n) is 2.83. The van der Waals surface area contributed by atoms with E-state index in [4.69, 9.17) is 10.2 Å². The molecule has 0 aliphatic heterocycles. The fourth-order valence-electron chi connectivity index (χ4n) is 1.90. The van der Waals surface area contributed by atoms with Crippen LogP contribution in [0.15, 0.2) is 18.2 Å². The van der Waals surface area contributed by atoms with E-state index in [1.165, 1.54) is 6.92 Å². The predicted molar refractivity (Wildman–Crippen MR) is 68.0 cm³/mol. The van der Waals surface area contributed by atoms with Gasteiger partial charge < -0.3 is 10.2 Å². The SMILES string of the molecule is CC(C)Cc1ccc(C(C)C(=O)O)c(C(=O)O)c1. The maximum absolute atomic E-state index is 11.2. The first kappa shape index (κ1) is 14.2. The van der Waals surface area contributed by atoms with Crippen molar-refractivity contribution in [2.45, 2.75) is 33.1 Å². The van der Waals surface area contributed by atoms with Gasteiger partial charge in [-0.15, -0.1) is 0 Å². The summed E-state index contributed by atoms with van der Waals surface area (Å²) in [5, 5.41) is 18.1. The molecule has 1 atom stereocenters. The van der Waals surface area contributed by atoms with Gasteiger partial charge in [0.15, 0.2) is 0 Å². The molecule has 1 unspecified atom stereocenters. The Morgan fingerprint density at radius 3 is 2.22 bits per heavy atom. The minimum Gasteiger partial charge on any atom is -0.481 e. The summed E-state index contributed by atoms with van der Waals surface area (Å²) in [5.41, 5.74) is 1.36. The minimum atomic E-state index is -1.08. The van der Waals surface area contributed by atoms with Crippen LogP contribution in [0.5, 0.6) is 0 Å². The number of carbonyl (C=O) groups is 2. The van der Waals surface area contributed by atoms with Gasteiger partial charge >= 0.3 is 11.9 Å². The molecule has 98 valence electrons. The van der Waals surface area contributed by atoms with Crippen molar-refractivity contribution in [3.05, 3.63) is 34.9 Å². The maximum atomic E-state index is 11.2. The molecule has 1 aromatic rings. The quantitative estimate of drug-likeness (QED) is 0.842. The zero-order valence-electron chi connectivity index (χ0n) is 10.8. The molecule has 2 N–H and O–H groups in total. The summed E-state index contributed by atoms with van der Waals surface area (Å²) in [7, 11) is 0. The molecule has 0 saturated heterocycles. The van der Waals surface area contributed by atoms with Crippen molar-refractivity contribution >= 4 is 11.9 Å². The van der Waals surface area contributed by atoms with Gasteiger partial charge in [0.2, 0.25) is 0 Å². The molecule has 0 saturated carbocycles. The monoisotopic (exact) mass is 250 g/mol. The second-order valence-corrected chi connectivity index (χ2v) is 4.88. The van der Waals surface area contributed by atoms with Crippen molar-refractivity contribution in [2.24, 2.45) is 5.92 Å². The standard InChI is InChI=1S/C14H18O4/c1-8(2)6-10-4-5-11(9(3)13(15)16)12(7-10)14(17)18/h4-5,7-9H,6H2,1-3H3,(H,15,16)(H,17,18). The molecular formula is C14H18O4. The van der Waals surface area contributed by atoms with Gasteiger partial charge in [0, 0.05) is 0 Å². The first-order valence-electron chi connectivity index (χ1n) is 5.91. The van der Waals surface area contributed by atoms with E-state index in [-0.39, 0.29) is 5.56 Å². The van der Waals surface area contributed by atoms with E-state index in [0.29, 0.717) is 11.5 Å². The number of hydrogen-bond acceptors (Lipinski definition) is 2. The van der Waals surface area contributed by atoms with Crippen molar-refractivity contribution in [3.63, 3.8) is 0 Å². The number of aromatic carboxylic acids is 1. The van der Waals surface area contributed by atoms with Gasteiger partial charge in [0.1, 0.15) is 0 Å². The van der Waals surface area contributed by atoms with E-state index in [2.05, 4.69) is 0 Å². The average molecular weight is 250 g/mol. The Kier molecular flexibility index (Phi) is 4.48. The lowest BCUT2D eigenvalue weighted by molar-refractivity contribution is -0.138. The number of rotatable bonds is 5. The Balaban J connectivity index is 3.20. The number of hydrogen-bond donors (Lipinski definition) is 2. The van der Waals surface area contributed by atoms with Crippen molar-refractivity contribution in [1.82, 2.24) is 0 Å². The second kappa shape index (κ2) is 5.67. The summed E-state index contributed by atoms with van der Waals surface area (Å²) in [5.74, 6) is -2.49. The lowest BCUT2D eigenvalue weighted by Gasteiger charge is -2.13. The fraction of sp³-hybridized carbons (Fsp3) is 0.429. The van der Waals surface area contributed by atoms with Crippen LogP contribution in [0.25, 0.3) is 0 Å². The van der Waals surface area contributed by atoms with Crippen LogP contribution in [0.1, 0.15) is 48.2 Å². The van der Waals surface area contributed by atoms with E-state index < -0.39 is 17.9 Å². The molecule has 0 aliphatic carbocycles. The van der Waals surface area contributed by atoms with E-state index in [0.717, 1.165) is 12.0 Å². The summed E-state index contributed by atoms with van der Waals surface area (Å²) in [6.07, 6.45) is 0.780. The highest BCUT2D eigenvalue weighted by Crippen LogP contribution is 2.23. The van der Waals surface area contributed by atoms with E-state index in [9.17, 15) is 9.59 Å². The van der Waals surface area contributed by atoms with Gasteiger partial charge in [-0.25, -0.2) is 4.79 Å². The molecule has 0 amide bonds. The summed E-state index contributed by atoms with van der Waals surface area (Å²) in [6.45, 7) is 5.59. The van der Waals surface area contributed by atoms with E-state index in [1.807, 2.05) is 13.8 Å². The third-order valence-corrected chi connectivity index (χ3v) is 2.83. The number of benzene rings is 1. The second-order valence-electron chi connectivity index (χ2n) is 4.88. The molecule has 0 fully saturated rings. The Bertz CT molecular complexity index is 463. The van der Waals surface area contributed by atoms with Gasteiger partial charge in [-0.3, -0.25) is 4.79 Å². The molecule has 0 heterocycles. The van der Waals surface area contributed by atoms with Gasteiger partial charge in [0.05, 0.1) is 11.5 Å². The summed E-state index contributed by atoms with van der Waals surface area (Å²) < 4.78 is 0. The summed E-state index contributed by atoms with van der Waals surface area (Å²) in [6, 6.07) is 5.00. The number of carboxylic acid groups (broad SMARTS) is 2. The molecule has 0 aromatic heterocycles. The Morgan fingerprint density at radius 1 is 1.17 bits per heavy atom. The Morgan fingerprint density at radius 2 is 1.78 bits per heavy atom. The largest absolute Gasteiger partial charge is 0.481 e. The van der Waals surface area contributed by atoms with Gasteiger partial charge in [-0.1, -0.05) is 26.0 Å². The number of carboxylic acids is 2. The lowest BCUT2D eigenvalue weighted by Crippen LogP contribution is -2.13. The highest BCUT2D eigenvalue weighted by atomic mass is 16.4. The van der Waals surface area contributed by atoms with Crippen LogP contribution in [0.3, 0.4) is 0 Å². The normalized spacial score (nSPS) is 12.4. The summed E-state index contributed by atoms with van der Waals surface area (Å²) >= 11 is 0. The van der Waals surface area contributed by atoms with Crippen LogP contribution in [0, 0.1) is 5.92 Å². The molecule has 0 radical (unpaired) electrons. The Labute approximate surface area is 106 Å². The summed E-state index contributed by atoms with van der Waals surface area (Å²) in [4.78, 5) is 22.1. The van der Waals surface area contributed by atoms with Crippen molar-refractivity contribution in [1.29, 1.82) is 0 Å². The maximum Gasteiger partial charge on any atom is 0.335 e. The lowest BCUT2D eigenvalue weighted by atomic mass is 9.92. The molecule has 0 spiro atoms. The minimum absolute atomic E-state index is 0.0862. The highest BCUT2D eigenvalue weighted by molar-refractivity contribution is 5.92. The van der Waals surface area contributed by atoms with Crippen LogP contribution in [0.4, 0.5) is 0 Å². The van der Waals surface area contributed by atoms with Crippen LogP contribution in [0.2, 0.25) is 0 Å². The smallest absolute Gasteiger partial charge is 0.335 e. The van der Waals surface area contributed by atoms with Gasteiger partial charge in [-0.05, 0) is 36.5 Å². The Hall–Kier alpha value is -1.84. The first-order valence-corrected chi connectivity index (χ1v) is 5.91. The van der Waals surface area contributed by atoms with Gasteiger partial charge in [0.25, 0.3) is 0 Å². The molecule has 18 heavy (non-hydrogen) atoms. The fourth-order valence-corrected chi connectivity index (χ4v) is 1.90. The molecule has 0 aliphatic rings. The van der Waals surface area contributed by atoms with Crippen molar-refractivity contribution < 1.29 is 19.8 Å². The molecule has 4 nitrogen and oxygen atoms in total.